The molecule has 3 nitrogen and oxygen atoms in total. The SMILES string of the molecule is CCCOc1cccc(-c2nc(Cl)cc(C(C)(C)C)n2)c1. The molecule has 0 N–H and O–H groups in total. The molecule has 0 saturated heterocycles. The predicted molar refractivity (Wildman–Crippen MR) is 87.0 cm³/mol. The van der Waals surface area contributed by atoms with E-state index in [1.54, 1.807) is 0 Å². The summed E-state index contributed by atoms with van der Waals surface area (Å²) in [7, 11) is 0. The monoisotopic (exact) mass is 304 g/mol. The van der Waals surface area contributed by atoms with Crippen LogP contribution in [-0.4, -0.2) is 16.6 Å². The average molecular weight is 305 g/mol. The summed E-state index contributed by atoms with van der Waals surface area (Å²) in [4.78, 5) is 8.98. The summed E-state index contributed by atoms with van der Waals surface area (Å²) in [5, 5.41) is 0.463. The van der Waals surface area contributed by atoms with Crippen molar-refractivity contribution in [2.45, 2.75) is 39.5 Å². The maximum Gasteiger partial charge on any atom is 0.161 e. The average Bonchev–Trinajstić information content (AvgIpc) is 2.44. The highest BCUT2D eigenvalue weighted by Crippen LogP contribution is 2.27. The Balaban J connectivity index is 2.40. The lowest BCUT2D eigenvalue weighted by atomic mass is 9.92. The molecule has 0 amide bonds. The second-order valence-electron chi connectivity index (χ2n) is 6.03. The molecule has 0 fully saturated rings. The van der Waals surface area contributed by atoms with E-state index in [0.29, 0.717) is 17.6 Å². The first-order valence-corrected chi connectivity index (χ1v) is 7.56. The van der Waals surface area contributed by atoms with E-state index in [4.69, 9.17) is 16.3 Å². The molecule has 0 saturated carbocycles. The second-order valence-corrected chi connectivity index (χ2v) is 6.41. The van der Waals surface area contributed by atoms with Crippen molar-refractivity contribution in [2.75, 3.05) is 6.61 Å². The molecule has 2 aromatic rings. The highest BCUT2D eigenvalue weighted by Gasteiger charge is 2.18. The van der Waals surface area contributed by atoms with Crippen LogP contribution in [0.25, 0.3) is 11.4 Å². The number of aromatic nitrogens is 2. The van der Waals surface area contributed by atoms with Gasteiger partial charge in [0.25, 0.3) is 0 Å². The fourth-order valence-corrected chi connectivity index (χ4v) is 2.06. The molecule has 21 heavy (non-hydrogen) atoms. The smallest absolute Gasteiger partial charge is 0.161 e. The quantitative estimate of drug-likeness (QED) is 0.755. The van der Waals surface area contributed by atoms with Gasteiger partial charge in [0.1, 0.15) is 10.9 Å². The van der Waals surface area contributed by atoms with E-state index in [9.17, 15) is 0 Å². The van der Waals surface area contributed by atoms with Crippen molar-refractivity contribution in [3.8, 4) is 17.1 Å². The normalized spacial score (nSPS) is 11.5. The van der Waals surface area contributed by atoms with Gasteiger partial charge in [-0.2, -0.15) is 0 Å². The number of halogens is 1. The Kier molecular flexibility index (Phi) is 4.84. The van der Waals surface area contributed by atoms with Crippen LogP contribution in [0.4, 0.5) is 0 Å². The van der Waals surface area contributed by atoms with Gasteiger partial charge in [-0.05, 0) is 24.6 Å². The van der Waals surface area contributed by atoms with Gasteiger partial charge < -0.3 is 4.74 Å². The van der Waals surface area contributed by atoms with Crippen molar-refractivity contribution in [1.29, 1.82) is 0 Å². The number of nitrogens with zero attached hydrogens (tertiary/aromatic N) is 2. The molecule has 1 heterocycles. The topological polar surface area (TPSA) is 35.0 Å². The maximum atomic E-state index is 6.15. The van der Waals surface area contributed by atoms with E-state index < -0.39 is 0 Å². The zero-order chi connectivity index (χ0) is 15.5. The third-order valence-electron chi connectivity index (χ3n) is 3.03. The van der Waals surface area contributed by atoms with Crippen LogP contribution in [0.15, 0.2) is 30.3 Å². The summed E-state index contributed by atoms with van der Waals surface area (Å²) >= 11 is 6.15. The molecule has 0 radical (unpaired) electrons. The van der Waals surface area contributed by atoms with E-state index in [-0.39, 0.29) is 5.41 Å². The molecule has 4 heteroatoms. The molecule has 1 aromatic carbocycles. The summed E-state index contributed by atoms with van der Waals surface area (Å²) < 4.78 is 5.66. The van der Waals surface area contributed by atoms with Crippen LogP contribution in [0.2, 0.25) is 5.15 Å². The van der Waals surface area contributed by atoms with Crippen LogP contribution in [0.1, 0.15) is 39.8 Å². The number of benzene rings is 1. The summed E-state index contributed by atoms with van der Waals surface area (Å²) in [5.41, 5.74) is 1.77. The molecule has 112 valence electrons. The molecule has 0 bridgehead atoms. The van der Waals surface area contributed by atoms with Gasteiger partial charge in [0, 0.05) is 11.0 Å². The fourth-order valence-electron chi connectivity index (χ4n) is 1.88. The first-order chi connectivity index (χ1) is 9.90. The summed E-state index contributed by atoms with van der Waals surface area (Å²) in [6.45, 7) is 9.11. The highest BCUT2D eigenvalue weighted by atomic mass is 35.5. The first kappa shape index (κ1) is 15.8. The Morgan fingerprint density at radius 3 is 2.57 bits per heavy atom. The van der Waals surface area contributed by atoms with Crippen LogP contribution >= 0.6 is 11.6 Å². The van der Waals surface area contributed by atoms with Crippen LogP contribution < -0.4 is 4.74 Å². The lowest BCUT2D eigenvalue weighted by molar-refractivity contribution is 0.317. The van der Waals surface area contributed by atoms with E-state index >= 15 is 0 Å². The van der Waals surface area contributed by atoms with Gasteiger partial charge in [0.05, 0.1) is 12.3 Å². The number of hydrogen-bond acceptors (Lipinski definition) is 3. The number of hydrogen-bond donors (Lipinski definition) is 0. The number of rotatable bonds is 4. The van der Waals surface area contributed by atoms with Gasteiger partial charge in [-0.1, -0.05) is 51.4 Å². The second kappa shape index (κ2) is 6.44. The Hall–Kier alpha value is -1.61. The summed E-state index contributed by atoms with van der Waals surface area (Å²) in [6, 6.07) is 9.63. The summed E-state index contributed by atoms with van der Waals surface area (Å²) in [6.07, 6.45) is 0.978. The molecule has 1 aromatic heterocycles. The molecule has 0 unspecified atom stereocenters. The summed E-state index contributed by atoms with van der Waals surface area (Å²) in [5.74, 6) is 1.46. The maximum absolute atomic E-state index is 6.15. The molecule has 0 spiro atoms. The molecule has 0 aliphatic heterocycles. The Labute approximate surface area is 131 Å². The molecular formula is C17H21ClN2O. The van der Waals surface area contributed by atoms with E-state index in [1.165, 1.54) is 0 Å². The lowest BCUT2D eigenvalue weighted by Crippen LogP contribution is -2.14. The highest BCUT2D eigenvalue weighted by molar-refractivity contribution is 6.29. The minimum atomic E-state index is -0.0718. The van der Waals surface area contributed by atoms with Gasteiger partial charge in [-0.25, -0.2) is 9.97 Å². The lowest BCUT2D eigenvalue weighted by Gasteiger charge is -2.18. The zero-order valence-corrected chi connectivity index (χ0v) is 13.7. The molecule has 0 aliphatic carbocycles. The fraction of sp³-hybridized carbons (Fsp3) is 0.412. The third kappa shape index (κ3) is 4.18. The van der Waals surface area contributed by atoms with Gasteiger partial charge in [0.2, 0.25) is 0 Å². The van der Waals surface area contributed by atoms with Gasteiger partial charge >= 0.3 is 0 Å². The Bertz CT molecular complexity index is 620. The third-order valence-corrected chi connectivity index (χ3v) is 3.22. The Morgan fingerprint density at radius 1 is 1.14 bits per heavy atom. The zero-order valence-electron chi connectivity index (χ0n) is 13.0. The molecule has 0 atom stereocenters. The number of ether oxygens (including phenoxy) is 1. The van der Waals surface area contributed by atoms with Crippen molar-refractivity contribution in [1.82, 2.24) is 9.97 Å². The van der Waals surface area contributed by atoms with Gasteiger partial charge in [0.15, 0.2) is 5.82 Å². The van der Waals surface area contributed by atoms with E-state index in [1.807, 2.05) is 30.3 Å². The van der Waals surface area contributed by atoms with E-state index in [2.05, 4.69) is 37.7 Å². The molecular weight excluding hydrogens is 284 g/mol. The van der Waals surface area contributed by atoms with Crippen molar-refractivity contribution in [2.24, 2.45) is 0 Å². The molecule has 2 rings (SSSR count). The minimum absolute atomic E-state index is 0.0718. The van der Waals surface area contributed by atoms with Crippen molar-refractivity contribution in [3.63, 3.8) is 0 Å². The van der Waals surface area contributed by atoms with E-state index in [0.717, 1.165) is 23.4 Å². The predicted octanol–water partition coefficient (Wildman–Crippen LogP) is 4.88. The van der Waals surface area contributed by atoms with Crippen molar-refractivity contribution < 1.29 is 4.74 Å². The van der Waals surface area contributed by atoms with Gasteiger partial charge in [-0.3, -0.25) is 0 Å². The van der Waals surface area contributed by atoms with Crippen LogP contribution in [-0.2, 0) is 5.41 Å². The van der Waals surface area contributed by atoms with Crippen molar-refractivity contribution in [3.05, 3.63) is 41.2 Å². The Morgan fingerprint density at radius 2 is 1.90 bits per heavy atom. The van der Waals surface area contributed by atoms with Crippen LogP contribution in [0, 0.1) is 0 Å². The van der Waals surface area contributed by atoms with Crippen molar-refractivity contribution >= 4 is 11.6 Å². The standard InChI is InChI=1S/C17H21ClN2O/c1-5-9-21-13-8-6-7-12(10-13)16-19-14(17(2,3)4)11-15(18)20-16/h6-8,10-11H,5,9H2,1-4H3. The first-order valence-electron chi connectivity index (χ1n) is 7.18. The van der Waals surface area contributed by atoms with Gasteiger partial charge in [-0.15, -0.1) is 0 Å². The molecule has 0 aliphatic rings. The van der Waals surface area contributed by atoms with Crippen LogP contribution in [0.3, 0.4) is 0 Å². The minimum Gasteiger partial charge on any atom is -0.494 e. The largest absolute Gasteiger partial charge is 0.494 e. The van der Waals surface area contributed by atoms with Crippen LogP contribution in [0.5, 0.6) is 5.75 Å².